The molecule has 0 N–H and O–H groups in total. The summed E-state index contributed by atoms with van der Waals surface area (Å²) in [6.45, 7) is 12.4. The second-order valence-corrected chi connectivity index (χ2v) is 7.06. The van der Waals surface area contributed by atoms with Crippen LogP contribution in [0.2, 0.25) is 0 Å². The molecule has 0 aliphatic carbocycles. The molecule has 2 rings (SSSR count). The van der Waals surface area contributed by atoms with Crippen LogP contribution in [0.4, 0.5) is 0 Å². The van der Waals surface area contributed by atoms with E-state index in [1.165, 1.54) is 11.1 Å². The van der Waals surface area contributed by atoms with Gasteiger partial charge in [0, 0.05) is 0 Å². The second-order valence-electron chi connectivity index (χ2n) is 7.06. The van der Waals surface area contributed by atoms with E-state index in [0.717, 1.165) is 0 Å². The summed E-state index contributed by atoms with van der Waals surface area (Å²) in [4.78, 5) is 0. The zero-order chi connectivity index (χ0) is 15.9. The maximum absolute atomic E-state index is 5.62. The molecule has 0 aliphatic rings. The van der Waals surface area contributed by atoms with Gasteiger partial charge in [-0.05, 0) is 63.6 Å². The third kappa shape index (κ3) is 9.53. The topological polar surface area (TPSA) is 9.23 Å². The zero-order valence-corrected chi connectivity index (χ0v) is 14.2. The van der Waals surface area contributed by atoms with Gasteiger partial charge < -0.3 is 4.74 Å². The molecule has 2 aromatic carbocycles. The van der Waals surface area contributed by atoms with Crippen molar-refractivity contribution in [2.45, 2.75) is 52.7 Å². The van der Waals surface area contributed by atoms with Gasteiger partial charge in [0.2, 0.25) is 0 Å². The Hall–Kier alpha value is -1.38. The standard InChI is InChI=1S/C12H10.C8H18O.H4Si/c1-3-7-11(8-4-1)12-9-5-2-6-10-12;1-7(2,3)9-8(4,5)6;/h1-10H;1-6H3;1H4. The Balaban J connectivity index is 0.000000402. The Morgan fingerprint density at radius 2 is 0.818 bits per heavy atom. The molecule has 0 aliphatic heterocycles. The molecule has 0 radical (unpaired) electrons. The minimum atomic E-state index is -0.0156. The van der Waals surface area contributed by atoms with Crippen LogP contribution in [-0.4, -0.2) is 22.2 Å². The first-order valence-electron chi connectivity index (χ1n) is 7.48. The van der Waals surface area contributed by atoms with Crippen LogP contribution in [0.3, 0.4) is 0 Å². The molecule has 0 aromatic heterocycles. The van der Waals surface area contributed by atoms with Crippen LogP contribution in [0.25, 0.3) is 11.1 Å². The number of ether oxygens (including phenoxy) is 1. The molecular formula is C20H32OSi. The van der Waals surface area contributed by atoms with E-state index >= 15 is 0 Å². The van der Waals surface area contributed by atoms with Gasteiger partial charge in [-0.2, -0.15) is 0 Å². The number of hydrogen-bond donors (Lipinski definition) is 0. The first-order valence-corrected chi connectivity index (χ1v) is 7.48. The molecular weight excluding hydrogens is 284 g/mol. The Bertz CT molecular complexity index is 457. The fourth-order valence-corrected chi connectivity index (χ4v) is 2.18. The summed E-state index contributed by atoms with van der Waals surface area (Å²) in [5, 5.41) is 0. The normalized spacial score (nSPS) is 11.0. The molecule has 0 heterocycles. The highest BCUT2D eigenvalue weighted by molar-refractivity contribution is 5.75. The third-order valence-corrected chi connectivity index (χ3v) is 2.49. The van der Waals surface area contributed by atoms with Crippen LogP contribution < -0.4 is 0 Å². The van der Waals surface area contributed by atoms with E-state index in [1.807, 2.05) is 12.1 Å². The molecule has 0 amide bonds. The SMILES string of the molecule is CC(C)(C)OC(C)(C)C.[SiH4].c1ccc(-c2ccccc2)cc1. The van der Waals surface area contributed by atoms with Crippen molar-refractivity contribution < 1.29 is 4.74 Å². The molecule has 0 bridgehead atoms. The largest absolute Gasteiger partial charge is 0.370 e. The van der Waals surface area contributed by atoms with Crippen molar-refractivity contribution in [3.8, 4) is 11.1 Å². The lowest BCUT2D eigenvalue weighted by molar-refractivity contribution is -0.102. The molecule has 0 saturated heterocycles. The van der Waals surface area contributed by atoms with Gasteiger partial charge in [-0.15, -0.1) is 0 Å². The number of benzene rings is 2. The molecule has 122 valence electrons. The highest BCUT2D eigenvalue weighted by Crippen LogP contribution is 2.18. The van der Waals surface area contributed by atoms with Gasteiger partial charge in [-0.3, -0.25) is 0 Å². The molecule has 0 atom stereocenters. The summed E-state index contributed by atoms with van der Waals surface area (Å²) >= 11 is 0. The summed E-state index contributed by atoms with van der Waals surface area (Å²) < 4.78 is 5.62. The summed E-state index contributed by atoms with van der Waals surface area (Å²) in [5.74, 6) is 0. The highest BCUT2D eigenvalue weighted by atomic mass is 28.1. The first kappa shape index (κ1) is 20.6. The van der Waals surface area contributed by atoms with Crippen LogP contribution in [0.15, 0.2) is 60.7 Å². The quantitative estimate of drug-likeness (QED) is 0.704. The molecule has 0 spiro atoms. The third-order valence-electron chi connectivity index (χ3n) is 2.49. The monoisotopic (exact) mass is 316 g/mol. The first-order chi connectivity index (χ1) is 9.67. The second kappa shape index (κ2) is 8.91. The van der Waals surface area contributed by atoms with Gasteiger partial charge >= 0.3 is 0 Å². The lowest BCUT2D eigenvalue weighted by atomic mass is 10.1. The lowest BCUT2D eigenvalue weighted by Gasteiger charge is -2.30. The molecule has 0 saturated carbocycles. The predicted octanol–water partition coefficient (Wildman–Crippen LogP) is 4.50. The van der Waals surface area contributed by atoms with Crippen molar-refractivity contribution >= 4 is 11.0 Å². The molecule has 2 heteroatoms. The number of rotatable bonds is 1. The summed E-state index contributed by atoms with van der Waals surface area (Å²) in [6.07, 6.45) is 0. The average Bonchev–Trinajstić information content (AvgIpc) is 2.37. The van der Waals surface area contributed by atoms with Crippen molar-refractivity contribution in [2.75, 3.05) is 0 Å². The van der Waals surface area contributed by atoms with Crippen LogP contribution in [-0.2, 0) is 4.74 Å². The fourth-order valence-electron chi connectivity index (χ4n) is 2.18. The molecule has 22 heavy (non-hydrogen) atoms. The van der Waals surface area contributed by atoms with Crippen LogP contribution in [0.5, 0.6) is 0 Å². The fraction of sp³-hybridized carbons (Fsp3) is 0.400. The van der Waals surface area contributed by atoms with Crippen molar-refractivity contribution in [3.63, 3.8) is 0 Å². The predicted molar refractivity (Wildman–Crippen MR) is 104 cm³/mol. The van der Waals surface area contributed by atoms with E-state index in [2.05, 4.69) is 90.1 Å². The van der Waals surface area contributed by atoms with Crippen LogP contribution in [0, 0.1) is 0 Å². The van der Waals surface area contributed by atoms with E-state index in [4.69, 9.17) is 4.74 Å². The maximum Gasteiger partial charge on any atom is 0.0605 e. The van der Waals surface area contributed by atoms with Crippen molar-refractivity contribution in [3.05, 3.63) is 60.7 Å². The Morgan fingerprint density at radius 1 is 0.545 bits per heavy atom. The van der Waals surface area contributed by atoms with E-state index in [0.29, 0.717) is 0 Å². The van der Waals surface area contributed by atoms with Gasteiger partial charge in [0.15, 0.2) is 0 Å². The van der Waals surface area contributed by atoms with Gasteiger partial charge in [0.05, 0.1) is 11.2 Å². The zero-order valence-electron chi connectivity index (χ0n) is 14.2. The van der Waals surface area contributed by atoms with E-state index in [-0.39, 0.29) is 22.2 Å². The smallest absolute Gasteiger partial charge is 0.0605 e. The average molecular weight is 317 g/mol. The summed E-state index contributed by atoms with van der Waals surface area (Å²) in [6, 6.07) is 20.8. The van der Waals surface area contributed by atoms with E-state index in [9.17, 15) is 0 Å². The van der Waals surface area contributed by atoms with Crippen LogP contribution >= 0.6 is 0 Å². The Labute approximate surface area is 140 Å². The summed E-state index contributed by atoms with van der Waals surface area (Å²) in [5.41, 5.74) is 2.52. The van der Waals surface area contributed by atoms with E-state index in [1.54, 1.807) is 0 Å². The highest BCUT2D eigenvalue weighted by Gasteiger charge is 2.19. The van der Waals surface area contributed by atoms with E-state index < -0.39 is 0 Å². The van der Waals surface area contributed by atoms with Crippen LogP contribution in [0.1, 0.15) is 41.5 Å². The summed E-state index contributed by atoms with van der Waals surface area (Å²) in [7, 11) is 0. The Kier molecular flexibility index (Phi) is 8.35. The molecule has 0 unspecified atom stereocenters. The maximum atomic E-state index is 5.62. The van der Waals surface area contributed by atoms with Gasteiger partial charge in [-0.1, -0.05) is 60.7 Å². The van der Waals surface area contributed by atoms with Gasteiger partial charge in [0.1, 0.15) is 0 Å². The number of hydrogen-bond acceptors (Lipinski definition) is 1. The van der Waals surface area contributed by atoms with Crippen molar-refractivity contribution in [2.24, 2.45) is 0 Å². The van der Waals surface area contributed by atoms with Crippen molar-refractivity contribution in [1.29, 1.82) is 0 Å². The lowest BCUT2D eigenvalue weighted by Crippen LogP contribution is -2.31. The molecule has 0 fully saturated rings. The van der Waals surface area contributed by atoms with Crippen molar-refractivity contribution in [1.82, 2.24) is 0 Å². The Morgan fingerprint density at radius 3 is 1.00 bits per heavy atom. The minimum absolute atomic E-state index is 0. The molecule has 1 nitrogen and oxygen atoms in total. The van der Waals surface area contributed by atoms with Gasteiger partial charge in [0.25, 0.3) is 0 Å². The molecule has 2 aromatic rings. The minimum Gasteiger partial charge on any atom is -0.370 e. The van der Waals surface area contributed by atoms with Gasteiger partial charge in [-0.25, -0.2) is 0 Å².